The maximum Gasteiger partial charge on any atom is 0.252 e. The van der Waals surface area contributed by atoms with Gasteiger partial charge in [-0.2, -0.15) is 0 Å². The summed E-state index contributed by atoms with van der Waals surface area (Å²) in [7, 11) is 0. The molecule has 1 N–H and O–H groups in total. The van der Waals surface area contributed by atoms with Crippen LogP contribution in [0.15, 0.2) is 42.5 Å². The van der Waals surface area contributed by atoms with E-state index in [-0.39, 0.29) is 24.8 Å². The summed E-state index contributed by atoms with van der Waals surface area (Å²) in [4.78, 5) is 26.1. The first-order chi connectivity index (χ1) is 11.4. The van der Waals surface area contributed by atoms with Gasteiger partial charge in [-0.1, -0.05) is 29.8 Å². The summed E-state index contributed by atoms with van der Waals surface area (Å²) in [6.07, 6.45) is 0.180. The van der Waals surface area contributed by atoms with Crippen molar-refractivity contribution in [1.82, 2.24) is 4.90 Å². The van der Waals surface area contributed by atoms with Crippen LogP contribution in [0.5, 0.6) is 0 Å². The fourth-order valence-corrected chi connectivity index (χ4v) is 3.12. The highest BCUT2D eigenvalue weighted by Crippen LogP contribution is 2.22. The number of benzene rings is 2. The van der Waals surface area contributed by atoms with E-state index in [1.54, 1.807) is 12.1 Å². The second-order valence-corrected chi connectivity index (χ2v) is 6.66. The largest absolute Gasteiger partial charge is 0.373 e. The quantitative estimate of drug-likeness (QED) is 0.862. The van der Waals surface area contributed by atoms with E-state index in [0.29, 0.717) is 5.02 Å². The minimum absolute atomic E-state index is 0.156. The predicted octanol–water partition coefficient (Wildman–Crippen LogP) is 3.70. The molecule has 1 heterocycles. The van der Waals surface area contributed by atoms with E-state index in [2.05, 4.69) is 11.4 Å². The third kappa shape index (κ3) is 3.60. The first-order valence-electron chi connectivity index (χ1n) is 7.86. The van der Waals surface area contributed by atoms with Crippen LogP contribution in [0, 0.1) is 13.8 Å². The van der Waals surface area contributed by atoms with Crippen molar-refractivity contribution in [2.24, 2.45) is 0 Å². The van der Waals surface area contributed by atoms with Crippen LogP contribution in [-0.2, 0) is 16.1 Å². The Morgan fingerprint density at radius 3 is 2.33 bits per heavy atom. The van der Waals surface area contributed by atoms with Crippen LogP contribution >= 0.6 is 11.6 Å². The van der Waals surface area contributed by atoms with Crippen LogP contribution in [0.1, 0.15) is 23.1 Å². The van der Waals surface area contributed by atoms with Crippen molar-refractivity contribution in [3.05, 3.63) is 64.2 Å². The molecule has 0 unspecified atom stereocenters. The van der Waals surface area contributed by atoms with Gasteiger partial charge in [0.1, 0.15) is 6.04 Å². The SMILES string of the molecule is Cc1cc(C)cc(N[C@@H]2CC(=O)N(Cc3ccc(Cl)cc3)C2=O)c1. The zero-order valence-electron chi connectivity index (χ0n) is 13.7. The third-order valence-electron chi connectivity index (χ3n) is 4.06. The van der Waals surface area contributed by atoms with Crippen molar-refractivity contribution in [3.8, 4) is 0 Å². The molecule has 0 spiro atoms. The highest BCUT2D eigenvalue weighted by molar-refractivity contribution is 6.30. The minimum Gasteiger partial charge on any atom is -0.373 e. The van der Waals surface area contributed by atoms with Gasteiger partial charge in [0, 0.05) is 10.7 Å². The summed E-state index contributed by atoms with van der Waals surface area (Å²) < 4.78 is 0. The lowest BCUT2D eigenvalue weighted by Crippen LogP contribution is -2.34. The van der Waals surface area contributed by atoms with Crippen molar-refractivity contribution < 1.29 is 9.59 Å². The normalized spacial score (nSPS) is 17.5. The van der Waals surface area contributed by atoms with E-state index in [4.69, 9.17) is 11.6 Å². The van der Waals surface area contributed by atoms with Crippen molar-refractivity contribution in [2.45, 2.75) is 32.9 Å². The number of nitrogens with zero attached hydrogens (tertiary/aromatic N) is 1. The van der Waals surface area contributed by atoms with E-state index >= 15 is 0 Å². The monoisotopic (exact) mass is 342 g/mol. The average molecular weight is 343 g/mol. The fraction of sp³-hybridized carbons (Fsp3) is 0.263. The van der Waals surface area contributed by atoms with Crippen molar-refractivity contribution >= 4 is 29.1 Å². The van der Waals surface area contributed by atoms with Gasteiger partial charge in [-0.25, -0.2) is 0 Å². The van der Waals surface area contributed by atoms with Gasteiger partial charge in [0.2, 0.25) is 5.91 Å². The zero-order valence-corrected chi connectivity index (χ0v) is 14.4. The number of hydrogen-bond acceptors (Lipinski definition) is 3. The van der Waals surface area contributed by atoms with E-state index < -0.39 is 6.04 Å². The molecule has 3 rings (SSSR count). The summed E-state index contributed by atoms with van der Waals surface area (Å²) in [5.74, 6) is -0.342. The number of amides is 2. The number of likely N-dealkylation sites (tertiary alicyclic amines) is 1. The van der Waals surface area contributed by atoms with E-state index in [0.717, 1.165) is 22.4 Å². The van der Waals surface area contributed by atoms with Crippen molar-refractivity contribution in [1.29, 1.82) is 0 Å². The maximum atomic E-state index is 12.6. The number of nitrogens with one attached hydrogen (secondary N) is 1. The molecule has 1 aliphatic heterocycles. The van der Waals surface area contributed by atoms with Crippen LogP contribution in [0.25, 0.3) is 0 Å². The molecule has 24 heavy (non-hydrogen) atoms. The standard InChI is InChI=1S/C19H19ClN2O2/c1-12-7-13(2)9-16(8-12)21-17-10-18(23)22(19(17)24)11-14-3-5-15(20)6-4-14/h3-9,17,21H,10-11H2,1-2H3/t17-/m1/s1. The van der Waals surface area contributed by atoms with Gasteiger partial charge >= 0.3 is 0 Å². The molecule has 0 aliphatic carbocycles. The second-order valence-electron chi connectivity index (χ2n) is 6.22. The molecule has 1 atom stereocenters. The lowest BCUT2D eigenvalue weighted by atomic mass is 10.1. The number of carbonyl (C=O) groups excluding carboxylic acids is 2. The zero-order chi connectivity index (χ0) is 17.3. The molecule has 2 amide bonds. The molecular formula is C19H19ClN2O2. The van der Waals surface area contributed by atoms with E-state index in [1.165, 1.54) is 4.90 Å². The number of halogens is 1. The topological polar surface area (TPSA) is 49.4 Å². The molecule has 1 fully saturated rings. The van der Waals surface area contributed by atoms with Crippen LogP contribution in [0.3, 0.4) is 0 Å². The van der Waals surface area contributed by atoms with E-state index in [1.807, 2.05) is 38.1 Å². The molecule has 124 valence electrons. The van der Waals surface area contributed by atoms with Crippen LogP contribution in [-0.4, -0.2) is 22.8 Å². The highest BCUT2D eigenvalue weighted by Gasteiger charge is 2.38. The Kier molecular flexibility index (Phi) is 4.58. The summed E-state index contributed by atoms with van der Waals surface area (Å²) in [5.41, 5.74) is 3.99. The Labute approximate surface area is 146 Å². The number of imide groups is 1. The van der Waals surface area contributed by atoms with Crippen LogP contribution in [0.4, 0.5) is 5.69 Å². The van der Waals surface area contributed by atoms with Gasteiger partial charge in [-0.05, 0) is 54.8 Å². The molecule has 2 aromatic carbocycles. The number of carbonyl (C=O) groups is 2. The lowest BCUT2D eigenvalue weighted by Gasteiger charge is -2.16. The number of anilines is 1. The molecule has 5 heteroatoms. The van der Waals surface area contributed by atoms with Gasteiger partial charge in [-0.3, -0.25) is 14.5 Å². The fourth-order valence-electron chi connectivity index (χ4n) is 2.99. The Morgan fingerprint density at radius 1 is 1.08 bits per heavy atom. The van der Waals surface area contributed by atoms with E-state index in [9.17, 15) is 9.59 Å². The molecule has 1 saturated heterocycles. The summed E-state index contributed by atoms with van der Waals surface area (Å²) in [5, 5.41) is 3.83. The van der Waals surface area contributed by atoms with Crippen LogP contribution < -0.4 is 5.32 Å². The summed E-state index contributed by atoms with van der Waals surface area (Å²) >= 11 is 5.87. The van der Waals surface area contributed by atoms with Gasteiger partial charge < -0.3 is 5.32 Å². The Hall–Kier alpha value is -2.33. The molecule has 0 radical (unpaired) electrons. The first-order valence-corrected chi connectivity index (χ1v) is 8.23. The molecular weight excluding hydrogens is 324 g/mol. The van der Waals surface area contributed by atoms with Gasteiger partial charge in [0.25, 0.3) is 5.91 Å². The molecule has 1 aliphatic rings. The molecule has 0 saturated carbocycles. The smallest absolute Gasteiger partial charge is 0.252 e. The molecule has 0 aromatic heterocycles. The third-order valence-corrected chi connectivity index (χ3v) is 4.31. The minimum atomic E-state index is -0.508. The van der Waals surface area contributed by atoms with Crippen LogP contribution in [0.2, 0.25) is 5.02 Å². The van der Waals surface area contributed by atoms with Gasteiger partial charge in [0.05, 0.1) is 13.0 Å². The molecule has 4 nitrogen and oxygen atoms in total. The summed E-state index contributed by atoms with van der Waals surface area (Å²) in [6, 6.07) is 12.7. The molecule has 0 bridgehead atoms. The highest BCUT2D eigenvalue weighted by atomic mass is 35.5. The number of aryl methyl sites for hydroxylation is 2. The number of rotatable bonds is 4. The Morgan fingerprint density at radius 2 is 1.71 bits per heavy atom. The van der Waals surface area contributed by atoms with Gasteiger partial charge in [-0.15, -0.1) is 0 Å². The van der Waals surface area contributed by atoms with Gasteiger partial charge in [0.15, 0.2) is 0 Å². The number of hydrogen-bond donors (Lipinski definition) is 1. The Bertz CT molecular complexity index is 766. The summed E-state index contributed by atoms with van der Waals surface area (Å²) in [6.45, 7) is 4.29. The Balaban J connectivity index is 1.72. The first kappa shape index (κ1) is 16.5. The van der Waals surface area contributed by atoms with Crippen molar-refractivity contribution in [2.75, 3.05) is 5.32 Å². The van der Waals surface area contributed by atoms with Crippen molar-refractivity contribution in [3.63, 3.8) is 0 Å². The predicted molar refractivity (Wildman–Crippen MR) is 95.0 cm³/mol. The molecule has 2 aromatic rings. The maximum absolute atomic E-state index is 12.6. The second kappa shape index (κ2) is 6.65. The average Bonchev–Trinajstić information content (AvgIpc) is 2.76. The lowest BCUT2D eigenvalue weighted by molar-refractivity contribution is -0.139.